The maximum Gasteiger partial charge on any atom is 1.00 e. The van der Waals surface area contributed by atoms with Gasteiger partial charge in [0.05, 0.1) is 19.6 Å². The van der Waals surface area contributed by atoms with Crippen LogP contribution in [-0.4, -0.2) is 41.6 Å². The van der Waals surface area contributed by atoms with E-state index in [1.165, 1.54) is 0 Å². The number of rotatable bonds is 6. The molecular formula is C13H6N2Na2O11S2. The van der Waals surface area contributed by atoms with Gasteiger partial charge in [0.15, 0.2) is 5.78 Å². The molecule has 13 nitrogen and oxygen atoms in total. The molecule has 0 aliphatic heterocycles. The largest absolute Gasteiger partial charge is 1.00 e. The Labute approximate surface area is 212 Å². The predicted octanol–water partition coefficient (Wildman–Crippen LogP) is -5.45. The summed E-state index contributed by atoms with van der Waals surface area (Å²) in [7, 11) is -10.4. The normalized spacial score (nSPS) is 11.0. The Hall–Kier alpha value is -1.27. The molecular weight excluding hydrogens is 470 g/mol. The van der Waals surface area contributed by atoms with E-state index in [1.807, 2.05) is 0 Å². The summed E-state index contributed by atoms with van der Waals surface area (Å²) in [5, 5.41) is 21.8. The van der Waals surface area contributed by atoms with Crippen molar-refractivity contribution in [3.63, 3.8) is 0 Å². The van der Waals surface area contributed by atoms with Crippen LogP contribution in [-0.2, 0) is 20.2 Å². The van der Waals surface area contributed by atoms with E-state index in [9.17, 15) is 51.0 Å². The minimum Gasteiger partial charge on any atom is -0.744 e. The third-order valence-electron chi connectivity index (χ3n) is 3.31. The van der Waals surface area contributed by atoms with Crippen molar-refractivity contribution >= 4 is 37.4 Å². The van der Waals surface area contributed by atoms with Crippen LogP contribution >= 0.6 is 0 Å². The van der Waals surface area contributed by atoms with Crippen molar-refractivity contribution < 1.29 is 99.7 Å². The second-order valence-corrected chi connectivity index (χ2v) is 7.94. The van der Waals surface area contributed by atoms with Crippen molar-refractivity contribution in [2.24, 2.45) is 0 Å². The van der Waals surface area contributed by atoms with Gasteiger partial charge in [-0.2, -0.15) is 0 Å². The molecule has 0 radical (unpaired) electrons. The van der Waals surface area contributed by atoms with E-state index in [1.54, 1.807) is 0 Å². The summed E-state index contributed by atoms with van der Waals surface area (Å²) in [5.41, 5.74) is -3.36. The first kappa shape index (κ1) is 28.7. The summed E-state index contributed by atoms with van der Waals surface area (Å²) in [6, 6.07) is 2.95. The fraction of sp³-hybridized carbons (Fsp3) is 0. The first-order chi connectivity index (χ1) is 12.7. The van der Waals surface area contributed by atoms with E-state index in [2.05, 4.69) is 0 Å². The number of carbonyl (C=O) groups excluding carboxylic acids is 1. The second-order valence-electron chi connectivity index (χ2n) is 5.18. The molecule has 0 spiro atoms. The zero-order valence-corrected chi connectivity index (χ0v) is 20.8. The molecule has 0 heterocycles. The van der Waals surface area contributed by atoms with Crippen LogP contribution in [0.2, 0.25) is 0 Å². The Kier molecular flexibility index (Phi) is 9.92. The number of hydrogen-bond acceptors (Lipinski definition) is 11. The van der Waals surface area contributed by atoms with Crippen LogP contribution in [0.4, 0.5) is 11.4 Å². The Balaban J connectivity index is 0.00000420. The molecule has 0 fully saturated rings. The number of ketones is 1. The first-order valence-electron chi connectivity index (χ1n) is 6.75. The topological polar surface area (TPSA) is 218 Å². The minimum absolute atomic E-state index is 0. The summed E-state index contributed by atoms with van der Waals surface area (Å²) < 4.78 is 66.9. The number of carbonyl (C=O) groups is 1. The Morgan fingerprint density at radius 2 is 0.967 bits per heavy atom. The molecule has 2 aromatic rings. The van der Waals surface area contributed by atoms with E-state index in [0.29, 0.717) is 36.4 Å². The van der Waals surface area contributed by atoms with Gasteiger partial charge < -0.3 is 9.11 Å². The molecule has 0 atom stereocenters. The van der Waals surface area contributed by atoms with E-state index in [4.69, 9.17) is 0 Å². The van der Waals surface area contributed by atoms with Crippen LogP contribution in [0.25, 0.3) is 0 Å². The molecule has 0 N–H and O–H groups in total. The van der Waals surface area contributed by atoms with Crippen LogP contribution in [0.15, 0.2) is 46.2 Å². The molecule has 0 saturated carbocycles. The molecule has 0 aromatic heterocycles. The molecule has 0 unspecified atom stereocenters. The Bertz CT molecular complexity index is 1150. The zero-order valence-electron chi connectivity index (χ0n) is 15.2. The van der Waals surface area contributed by atoms with E-state index >= 15 is 0 Å². The van der Waals surface area contributed by atoms with Crippen molar-refractivity contribution in [3.8, 4) is 0 Å². The SMILES string of the molecule is O=C(c1cc([N+](=O)[O-])cc(S(=O)(=O)[O-])c1)c1cc([N+](=O)[O-])cc(S(=O)(=O)[O-])c1.[Na+].[Na+]. The number of benzene rings is 2. The molecule has 2 rings (SSSR count). The van der Waals surface area contributed by atoms with Crippen LogP contribution < -0.4 is 59.1 Å². The molecule has 17 heteroatoms. The van der Waals surface area contributed by atoms with Gasteiger partial charge in [0.25, 0.3) is 11.4 Å². The fourth-order valence-corrected chi connectivity index (χ4v) is 3.17. The number of non-ortho nitro benzene ring substituents is 2. The summed E-state index contributed by atoms with van der Waals surface area (Å²) in [6.07, 6.45) is 0. The molecule has 0 saturated heterocycles. The second kappa shape index (κ2) is 10.4. The third kappa shape index (κ3) is 6.88. The third-order valence-corrected chi connectivity index (χ3v) is 4.93. The van der Waals surface area contributed by atoms with E-state index in [-0.39, 0.29) is 59.1 Å². The van der Waals surface area contributed by atoms with Crippen LogP contribution in [0.3, 0.4) is 0 Å². The fourth-order valence-electron chi connectivity index (χ4n) is 2.10. The smallest absolute Gasteiger partial charge is 0.744 e. The molecule has 30 heavy (non-hydrogen) atoms. The van der Waals surface area contributed by atoms with E-state index in [0.717, 1.165) is 0 Å². The van der Waals surface area contributed by atoms with Gasteiger partial charge in [-0.15, -0.1) is 0 Å². The van der Waals surface area contributed by atoms with Crippen molar-refractivity contribution in [1.82, 2.24) is 0 Å². The van der Waals surface area contributed by atoms with Crippen molar-refractivity contribution in [1.29, 1.82) is 0 Å². The average molecular weight is 476 g/mol. The number of nitro benzene ring substituents is 2. The Morgan fingerprint density at radius 3 is 1.20 bits per heavy atom. The summed E-state index contributed by atoms with van der Waals surface area (Å²) in [4.78, 5) is 29.9. The van der Waals surface area contributed by atoms with Crippen molar-refractivity contribution in [2.45, 2.75) is 9.79 Å². The van der Waals surface area contributed by atoms with E-state index < -0.39 is 68.2 Å². The summed E-state index contributed by atoms with van der Waals surface area (Å²) >= 11 is 0. The van der Waals surface area contributed by atoms with Gasteiger partial charge in [-0.05, 0) is 12.1 Å². The van der Waals surface area contributed by atoms with Crippen LogP contribution in [0.5, 0.6) is 0 Å². The maximum absolute atomic E-state index is 12.5. The van der Waals surface area contributed by atoms with Crippen LogP contribution in [0.1, 0.15) is 15.9 Å². The van der Waals surface area contributed by atoms with Gasteiger partial charge in [0, 0.05) is 35.4 Å². The monoisotopic (exact) mass is 476 g/mol. The number of nitro groups is 2. The number of nitrogens with zero attached hydrogens (tertiary/aromatic N) is 2. The quantitative estimate of drug-likeness (QED) is 0.126. The predicted molar refractivity (Wildman–Crippen MR) is 85.6 cm³/mol. The molecule has 0 aliphatic carbocycles. The van der Waals surface area contributed by atoms with Crippen molar-refractivity contribution in [2.75, 3.05) is 0 Å². The molecule has 0 amide bonds. The zero-order chi connectivity index (χ0) is 21.4. The van der Waals surface area contributed by atoms with Gasteiger partial charge in [-0.3, -0.25) is 25.0 Å². The van der Waals surface area contributed by atoms with Crippen LogP contribution in [0, 0.1) is 20.2 Å². The van der Waals surface area contributed by atoms with Gasteiger partial charge in [0.2, 0.25) is 0 Å². The van der Waals surface area contributed by atoms with Gasteiger partial charge in [0.1, 0.15) is 20.2 Å². The molecule has 0 aliphatic rings. The van der Waals surface area contributed by atoms with Gasteiger partial charge >= 0.3 is 59.1 Å². The minimum atomic E-state index is -5.21. The average Bonchev–Trinajstić information content (AvgIpc) is 2.58. The molecule has 0 bridgehead atoms. The first-order valence-corrected chi connectivity index (χ1v) is 9.57. The van der Waals surface area contributed by atoms with Crippen molar-refractivity contribution in [3.05, 3.63) is 67.8 Å². The standard InChI is InChI=1S/C13H8N2O11S2.2Na/c16-13(7-1-9(14(17)18)5-11(3-7)27(21,22)23)8-2-10(15(19)20)6-12(4-8)28(24,25)26;;/h1-6H,(H,21,22,23)(H,24,25,26);;/q;2*+1/p-2. The van der Waals surface area contributed by atoms with Gasteiger partial charge in [-0.25, -0.2) is 16.8 Å². The van der Waals surface area contributed by atoms with Gasteiger partial charge in [-0.1, -0.05) is 0 Å². The molecule has 148 valence electrons. The number of hydrogen-bond donors (Lipinski definition) is 0. The maximum atomic E-state index is 12.5. The molecule has 2 aromatic carbocycles. The summed E-state index contributed by atoms with van der Waals surface area (Å²) in [6.45, 7) is 0. The Morgan fingerprint density at radius 1 is 0.667 bits per heavy atom. The summed E-state index contributed by atoms with van der Waals surface area (Å²) in [5.74, 6) is -1.29.